The summed E-state index contributed by atoms with van der Waals surface area (Å²) in [5, 5.41) is 3.06. The van der Waals surface area contributed by atoms with Crippen molar-refractivity contribution >= 4 is 5.96 Å². The van der Waals surface area contributed by atoms with E-state index in [1.54, 1.807) is 7.11 Å². The van der Waals surface area contributed by atoms with E-state index in [2.05, 4.69) is 41.5 Å². The van der Waals surface area contributed by atoms with Crippen LogP contribution in [0.1, 0.15) is 20.3 Å². The Balaban J connectivity index is 3.85. The second-order valence-electron chi connectivity index (χ2n) is 4.03. The molecule has 1 unspecified atom stereocenters. The van der Waals surface area contributed by atoms with E-state index in [0.717, 1.165) is 19.5 Å². The van der Waals surface area contributed by atoms with Gasteiger partial charge in [0.05, 0.1) is 13.2 Å². The molecule has 0 aliphatic heterocycles. The largest absolute Gasteiger partial charge is 0.383 e. The first-order valence-corrected chi connectivity index (χ1v) is 6.09. The number of methoxy groups -OCH3 is 1. The average Bonchev–Trinajstić information content (AvgIpc) is 2.35. The Labute approximate surface area is 105 Å². The molecule has 0 fully saturated rings. The van der Waals surface area contributed by atoms with Crippen LogP contribution in [0.15, 0.2) is 4.99 Å². The second kappa shape index (κ2) is 10.3. The summed E-state index contributed by atoms with van der Waals surface area (Å²) in [5.41, 5.74) is 2.54. The minimum atomic E-state index is 0.584. The highest BCUT2D eigenvalue weighted by Crippen LogP contribution is 1.98. The summed E-state index contributed by atoms with van der Waals surface area (Å²) in [6.45, 7) is 7.37. The van der Waals surface area contributed by atoms with Crippen molar-refractivity contribution in [1.82, 2.24) is 15.6 Å². The summed E-state index contributed by atoms with van der Waals surface area (Å²) >= 11 is 0. The van der Waals surface area contributed by atoms with E-state index in [0.29, 0.717) is 25.2 Å². The Bertz CT molecular complexity index is 210. The molecule has 0 aliphatic carbocycles. The van der Waals surface area contributed by atoms with E-state index in [4.69, 9.17) is 10.6 Å². The van der Waals surface area contributed by atoms with Gasteiger partial charge in [0.25, 0.3) is 0 Å². The molecule has 0 saturated carbocycles. The molecule has 4 N–H and O–H groups in total. The zero-order chi connectivity index (χ0) is 13.1. The lowest BCUT2D eigenvalue weighted by molar-refractivity contribution is 0.203. The van der Waals surface area contributed by atoms with Crippen LogP contribution in [0.25, 0.3) is 0 Å². The van der Waals surface area contributed by atoms with E-state index in [9.17, 15) is 0 Å². The van der Waals surface area contributed by atoms with Crippen molar-refractivity contribution in [3.05, 3.63) is 0 Å². The standard InChI is InChI=1S/C11H27N5O/c1-5-10(2)16(3)8-6-13-11(15-12)14-7-9-17-4/h10H,5-9,12H2,1-4H3,(H2,13,14,15). The van der Waals surface area contributed by atoms with Gasteiger partial charge in [-0.15, -0.1) is 0 Å². The molecular weight excluding hydrogens is 218 g/mol. The third kappa shape index (κ3) is 7.95. The molecule has 1 atom stereocenters. The molecule has 6 nitrogen and oxygen atoms in total. The lowest BCUT2D eigenvalue weighted by Crippen LogP contribution is -2.43. The molecule has 0 heterocycles. The van der Waals surface area contributed by atoms with Gasteiger partial charge in [-0.25, -0.2) is 5.84 Å². The first kappa shape index (κ1) is 16.1. The van der Waals surface area contributed by atoms with E-state index in [-0.39, 0.29) is 0 Å². The van der Waals surface area contributed by atoms with Crippen LogP contribution in [-0.2, 0) is 4.74 Å². The maximum atomic E-state index is 5.36. The van der Waals surface area contributed by atoms with Crippen LogP contribution >= 0.6 is 0 Å². The maximum Gasteiger partial charge on any atom is 0.205 e. The van der Waals surface area contributed by atoms with Crippen molar-refractivity contribution in [1.29, 1.82) is 0 Å². The van der Waals surface area contributed by atoms with E-state index >= 15 is 0 Å². The summed E-state index contributed by atoms with van der Waals surface area (Å²) in [5.74, 6) is 5.97. The fraction of sp³-hybridized carbons (Fsp3) is 0.909. The molecule has 0 aromatic carbocycles. The van der Waals surface area contributed by atoms with Crippen LogP contribution in [0.4, 0.5) is 0 Å². The van der Waals surface area contributed by atoms with Crippen LogP contribution in [0.5, 0.6) is 0 Å². The summed E-state index contributed by atoms with van der Waals surface area (Å²) in [6, 6.07) is 0.584. The third-order valence-electron chi connectivity index (χ3n) is 2.80. The predicted molar refractivity (Wildman–Crippen MR) is 71.9 cm³/mol. The average molecular weight is 245 g/mol. The fourth-order valence-electron chi connectivity index (χ4n) is 1.28. The Hall–Kier alpha value is -0.850. The molecule has 0 spiro atoms. The van der Waals surface area contributed by atoms with Crippen molar-refractivity contribution in [2.45, 2.75) is 26.3 Å². The smallest absolute Gasteiger partial charge is 0.205 e. The van der Waals surface area contributed by atoms with Crippen molar-refractivity contribution in [2.24, 2.45) is 10.8 Å². The van der Waals surface area contributed by atoms with E-state index < -0.39 is 0 Å². The number of nitrogens with zero attached hydrogens (tertiary/aromatic N) is 2. The molecule has 0 rings (SSSR count). The molecule has 0 saturated heterocycles. The summed E-state index contributed by atoms with van der Waals surface area (Å²) in [4.78, 5) is 6.63. The minimum absolute atomic E-state index is 0.584. The number of hydrogen-bond donors (Lipinski definition) is 3. The number of hydrogen-bond acceptors (Lipinski definition) is 4. The topological polar surface area (TPSA) is 74.9 Å². The van der Waals surface area contributed by atoms with E-state index in [1.165, 1.54) is 0 Å². The number of hydrazine groups is 1. The zero-order valence-corrected chi connectivity index (χ0v) is 11.5. The normalized spacial score (nSPS) is 13.9. The van der Waals surface area contributed by atoms with Crippen molar-refractivity contribution in [3.63, 3.8) is 0 Å². The minimum Gasteiger partial charge on any atom is -0.383 e. The number of likely N-dealkylation sites (N-methyl/N-ethyl adjacent to an activating group) is 1. The molecule has 17 heavy (non-hydrogen) atoms. The molecule has 102 valence electrons. The summed E-state index contributed by atoms with van der Waals surface area (Å²) in [7, 11) is 3.77. The first-order chi connectivity index (χ1) is 8.15. The molecule has 0 aliphatic rings. The van der Waals surface area contributed by atoms with Crippen LogP contribution < -0.4 is 16.6 Å². The monoisotopic (exact) mass is 245 g/mol. The predicted octanol–water partition coefficient (Wildman–Crippen LogP) is -0.228. The van der Waals surface area contributed by atoms with Gasteiger partial charge in [0, 0.05) is 26.2 Å². The van der Waals surface area contributed by atoms with Gasteiger partial charge in [-0.1, -0.05) is 6.92 Å². The fourth-order valence-corrected chi connectivity index (χ4v) is 1.28. The van der Waals surface area contributed by atoms with Gasteiger partial charge in [-0.2, -0.15) is 0 Å². The number of ether oxygens (including phenoxy) is 1. The summed E-state index contributed by atoms with van der Waals surface area (Å²) in [6.07, 6.45) is 1.15. The molecule has 0 amide bonds. The van der Waals surface area contributed by atoms with Gasteiger partial charge < -0.3 is 15.0 Å². The number of aliphatic imine (C=N–C) groups is 1. The van der Waals surface area contributed by atoms with Gasteiger partial charge >= 0.3 is 0 Å². The molecule has 0 aromatic heterocycles. The third-order valence-corrected chi connectivity index (χ3v) is 2.80. The van der Waals surface area contributed by atoms with Crippen LogP contribution in [0.3, 0.4) is 0 Å². The molecule has 6 heteroatoms. The lowest BCUT2D eigenvalue weighted by atomic mass is 10.2. The Kier molecular flexibility index (Phi) is 9.80. The van der Waals surface area contributed by atoms with Gasteiger partial charge in [-0.3, -0.25) is 10.4 Å². The van der Waals surface area contributed by atoms with Crippen LogP contribution in [0, 0.1) is 0 Å². The summed E-state index contributed by atoms with van der Waals surface area (Å²) < 4.78 is 4.93. The van der Waals surface area contributed by atoms with Crippen LogP contribution in [0.2, 0.25) is 0 Å². The Morgan fingerprint density at radius 2 is 2.24 bits per heavy atom. The highest BCUT2D eigenvalue weighted by Gasteiger charge is 2.05. The first-order valence-electron chi connectivity index (χ1n) is 6.09. The van der Waals surface area contributed by atoms with Gasteiger partial charge in [-0.05, 0) is 20.4 Å². The van der Waals surface area contributed by atoms with Crippen LogP contribution in [-0.4, -0.2) is 57.3 Å². The van der Waals surface area contributed by atoms with Crippen molar-refractivity contribution in [3.8, 4) is 0 Å². The number of guanidine groups is 1. The quantitative estimate of drug-likeness (QED) is 0.181. The van der Waals surface area contributed by atoms with Crippen molar-refractivity contribution < 1.29 is 4.74 Å². The highest BCUT2D eigenvalue weighted by atomic mass is 16.5. The van der Waals surface area contributed by atoms with Gasteiger partial charge in [0.15, 0.2) is 0 Å². The SMILES string of the molecule is CCC(C)N(C)CCN=C(NN)NCCOC. The Morgan fingerprint density at radius 1 is 1.53 bits per heavy atom. The maximum absolute atomic E-state index is 5.36. The highest BCUT2D eigenvalue weighted by molar-refractivity contribution is 5.79. The molecule has 0 radical (unpaired) electrons. The molecular formula is C11H27N5O. The second-order valence-corrected chi connectivity index (χ2v) is 4.03. The number of nitrogens with one attached hydrogen (secondary N) is 2. The van der Waals surface area contributed by atoms with Gasteiger partial charge in [0.2, 0.25) is 5.96 Å². The van der Waals surface area contributed by atoms with E-state index in [1.807, 2.05) is 0 Å². The van der Waals surface area contributed by atoms with Crippen molar-refractivity contribution in [2.75, 3.05) is 40.4 Å². The molecule has 0 bridgehead atoms. The number of nitrogens with two attached hydrogens (primary N) is 1. The zero-order valence-electron chi connectivity index (χ0n) is 11.5. The lowest BCUT2D eigenvalue weighted by Gasteiger charge is -2.22. The number of rotatable bonds is 8. The molecule has 0 aromatic rings. The van der Waals surface area contributed by atoms with Gasteiger partial charge in [0.1, 0.15) is 0 Å². The Morgan fingerprint density at radius 3 is 2.76 bits per heavy atom.